The third-order valence-corrected chi connectivity index (χ3v) is 3.52. The highest BCUT2D eigenvalue weighted by Gasteiger charge is 2.11. The van der Waals surface area contributed by atoms with Crippen LogP contribution >= 0.6 is 11.6 Å². The minimum atomic E-state index is -0.380. The van der Waals surface area contributed by atoms with E-state index in [9.17, 15) is 9.18 Å². The zero-order chi connectivity index (χ0) is 17.8. The van der Waals surface area contributed by atoms with Crippen LogP contribution in [-0.4, -0.2) is 15.9 Å². The fraction of sp³-hybridized carbons (Fsp3) is 0.0556. The fourth-order valence-corrected chi connectivity index (χ4v) is 2.29. The molecular formula is C18H14ClFN4O. The van der Waals surface area contributed by atoms with Gasteiger partial charge >= 0.3 is 0 Å². The van der Waals surface area contributed by atoms with Crippen molar-refractivity contribution < 1.29 is 9.18 Å². The maximum absolute atomic E-state index is 13.3. The van der Waals surface area contributed by atoms with Gasteiger partial charge in [-0.1, -0.05) is 17.7 Å². The van der Waals surface area contributed by atoms with Gasteiger partial charge in [-0.2, -0.15) is 0 Å². The first-order chi connectivity index (χ1) is 12.0. The number of hydrogen-bond acceptors (Lipinski definition) is 4. The second-order valence-electron chi connectivity index (χ2n) is 5.31. The quantitative estimate of drug-likeness (QED) is 0.718. The standard InChI is InChI=1S/C18H14ClFN4O/c1-11-9-16(17(25)22-14-7-5-12(19)6-8-14)24-18(21-11)23-15-4-2-3-13(20)10-15/h2-10H,1H3,(H,22,25)(H,21,23,24). The number of nitrogens with zero attached hydrogens (tertiary/aromatic N) is 2. The van der Waals surface area contributed by atoms with E-state index >= 15 is 0 Å². The van der Waals surface area contributed by atoms with Crippen molar-refractivity contribution in [2.75, 3.05) is 10.6 Å². The van der Waals surface area contributed by atoms with Gasteiger partial charge in [-0.3, -0.25) is 4.79 Å². The Bertz CT molecular complexity index is 915. The number of benzene rings is 2. The molecule has 3 aromatic rings. The van der Waals surface area contributed by atoms with E-state index in [4.69, 9.17) is 11.6 Å². The molecule has 25 heavy (non-hydrogen) atoms. The van der Waals surface area contributed by atoms with Gasteiger partial charge in [0, 0.05) is 22.1 Å². The summed E-state index contributed by atoms with van der Waals surface area (Å²) in [6.45, 7) is 1.75. The third kappa shape index (κ3) is 4.51. The number of rotatable bonds is 4. The molecule has 1 amide bonds. The molecule has 0 atom stereocenters. The summed E-state index contributed by atoms with van der Waals surface area (Å²) in [7, 11) is 0. The Kier molecular flexibility index (Phi) is 4.90. The Labute approximate surface area is 148 Å². The minimum Gasteiger partial charge on any atom is -0.324 e. The number of carbonyl (C=O) groups is 1. The smallest absolute Gasteiger partial charge is 0.274 e. The Morgan fingerprint density at radius 1 is 1.04 bits per heavy atom. The van der Waals surface area contributed by atoms with E-state index in [-0.39, 0.29) is 23.4 Å². The molecule has 0 saturated carbocycles. The average molecular weight is 357 g/mol. The van der Waals surface area contributed by atoms with E-state index in [1.165, 1.54) is 12.1 Å². The molecule has 1 aromatic heterocycles. The van der Waals surface area contributed by atoms with Crippen molar-refractivity contribution in [1.29, 1.82) is 0 Å². The van der Waals surface area contributed by atoms with Crippen molar-refractivity contribution in [1.82, 2.24) is 9.97 Å². The van der Waals surface area contributed by atoms with Crippen LogP contribution in [0.2, 0.25) is 5.02 Å². The molecular weight excluding hydrogens is 343 g/mol. The Hall–Kier alpha value is -2.99. The number of carbonyl (C=O) groups excluding carboxylic acids is 1. The number of nitrogens with one attached hydrogen (secondary N) is 2. The van der Waals surface area contributed by atoms with Crippen molar-refractivity contribution in [2.45, 2.75) is 6.92 Å². The summed E-state index contributed by atoms with van der Waals surface area (Å²) in [5.41, 5.74) is 1.90. The first-order valence-corrected chi connectivity index (χ1v) is 7.82. The van der Waals surface area contributed by atoms with Crippen LogP contribution in [0.25, 0.3) is 0 Å². The predicted octanol–water partition coefficient (Wildman–Crippen LogP) is 4.57. The van der Waals surface area contributed by atoms with E-state index in [2.05, 4.69) is 20.6 Å². The molecule has 1 heterocycles. The molecule has 126 valence electrons. The zero-order valence-electron chi connectivity index (χ0n) is 13.3. The van der Waals surface area contributed by atoms with E-state index in [1.807, 2.05) is 0 Å². The molecule has 5 nitrogen and oxygen atoms in total. The van der Waals surface area contributed by atoms with Gasteiger partial charge in [-0.15, -0.1) is 0 Å². The summed E-state index contributed by atoms with van der Waals surface area (Å²) < 4.78 is 13.3. The van der Waals surface area contributed by atoms with Crippen LogP contribution in [0.3, 0.4) is 0 Å². The number of hydrogen-bond donors (Lipinski definition) is 2. The number of amides is 1. The van der Waals surface area contributed by atoms with Crippen molar-refractivity contribution in [3.63, 3.8) is 0 Å². The first kappa shape index (κ1) is 16.9. The Morgan fingerprint density at radius 2 is 1.80 bits per heavy atom. The van der Waals surface area contributed by atoms with Gasteiger partial charge < -0.3 is 10.6 Å². The van der Waals surface area contributed by atoms with Crippen molar-refractivity contribution in [2.24, 2.45) is 0 Å². The molecule has 0 saturated heterocycles. The Morgan fingerprint density at radius 3 is 2.52 bits per heavy atom. The van der Waals surface area contributed by atoms with Crippen LogP contribution in [0.1, 0.15) is 16.2 Å². The maximum atomic E-state index is 13.3. The lowest BCUT2D eigenvalue weighted by Crippen LogP contribution is -2.15. The normalized spacial score (nSPS) is 10.4. The molecule has 0 aliphatic heterocycles. The lowest BCUT2D eigenvalue weighted by Gasteiger charge is -2.09. The topological polar surface area (TPSA) is 66.9 Å². The van der Waals surface area contributed by atoms with E-state index in [0.717, 1.165) is 0 Å². The predicted molar refractivity (Wildman–Crippen MR) is 95.9 cm³/mol. The minimum absolute atomic E-state index is 0.196. The van der Waals surface area contributed by atoms with Crippen molar-refractivity contribution >= 4 is 34.8 Å². The SMILES string of the molecule is Cc1cc(C(=O)Nc2ccc(Cl)cc2)nc(Nc2cccc(F)c2)n1. The zero-order valence-corrected chi connectivity index (χ0v) is 14.0. The summed E-state index contributed by atoms with van der Waals surface area (Å²) in [6, 6.07) is 14.2. The van der Waals surface area contributed by atoms with Gasteiger partial charge in [0.25, 0.3) is 5.91 Å². The van der Waals surface area contributed by atoms with Gasteiger partial charge in [0.2, 0.25) is 5.95 Å². The molecule has 0 spiro atoms. The van der Waals surface area contributed by atoms with Gasteiger partial charge in [-0.05, 0) is 55.5 Å². The van der Waals surface area contributed by atoms with Crippen molar-refractivity contribution in [3.8, 4) is 0 Å². The van der Waals surface area contributed by atoms with Crippen LogP contribution in [0.4, 0.5) is 21.7 Å². The summed E-state index contributed by atoms with van der Waals surface area (Å²) >= 11 is 5.83. The largest absolute Gasteiger partial charge is 0.324 e. The fourth-order valence-electron chi connectivity index (χ4n) is 2.16. The van der Waals surface area contributed by atoms with Crippen molar-refractivity contribution in [3.05, 3.63) is 76.8 Å². The summed E-state index contributed by atoms with van der Waals surface area (Å²) in [5.74, 6) is -0.541. The first-order valence-electron chi connectivity index (χ1n) is 7.45. The average Bonchev–Trinajstić information content (AvgIpc) is 2.56. The second-order valence-corrected chi connectivity index (χ2v) is 5.75. The van der Waals surface area contributed by atoms with Crippen LogP contribution in [0.5, 0.6) is 0 Å². The van der Waals surface area contributed by atoms with Crippen LogP contribution in [0, 0.1) is 12.7 Å². The molecule has 0 radical (unpaired) electrons. The Balaban J connectivity index is 1.80. The van der Waals surface area contributed by atoms with Gasteiger partial charge in [0.1, 0.15) is 11.5 Å². The number of aromatic nitrogens is 2. The highest BCUT2D eigenvalue weighted by atomic mass is 35.5. The molecule has 0 fully saturated rings. The summed E-state index contributed by atoms with van der Waals surface area (Å²) in [6.07, 6.45) is 0. The second kappa shape index (κ2) is 7.27. The van der Waals surface area contributed by atoms with E-state index < -0.39 is 0 Å². The molecule has 3 rings (SSSR count). The number of halogens is 2. The highest BCUT2D eigenvalue weighted by Crippen LogP contribution is 2.17. The molecule has 2 N–H and O–H groups in total. The lowest BCUT2D eigenvalue weighted by atomic mass is 10.3. The van der Waals surface area contributed by atoms with Gasteiger partial charge in [0.05, 0.1) is 0 Å². The van der Waals surface area contributed by atoms with Crippen LogP contribution < -0.4 is 10.6 Å². The molecule has 0 bridgehead atoms. The molecule has 0 unspecified atom stereocenters. The van der Waals surface area contributed by atoms with Gasteiger partial charge in [0.15, 0.2) is 0 Å². The van der Waals surface area contributed by atoms with Gasteiger partial charge in [-0.25, -0.2) is 14.4 Å². The molecule has 0 aliphatic rings. The lowest BCUT2D eigenvalue weighted by molar-refractivity contribution is 0.102. The summed E-state index contributed by atoms with van der Waals surface area (Å²) in [4.78, 5) is 20.8. The van der Waals surface area contributed by atoms with Crippen LogP contribution in [0.15, 0.2) is 54.6 Å². The molecule has 0 aliphatic carbocycles. The highest BCUT2D eigenvalue weighted by molar-refractivity contribution is 6.30. The van der Waals surface area contributed by atoms with E-state index in [1.54, 1.807) is 49.4 Å². The number of anilines is 3. The summed E-state index contributed by atoms with van der Waals surface area (Å²) in [5, 5.41) is 6.21. The third-order valence-electron chi connectivity index (χ3n) is 3.27. The maximum Gasteiger partial charge on any atom is 0.274 e. The molecule has 2 aromatic carbocycles. The number of aryl methyl sites for hydroxylation is 1. The monoisotopic (exact) mass is 356 g/mol. The molecule has 7 heteroatoms. The van der Waals surface area contributed by atoms with Crippen LogP contribution in [-0.2, 0) is 0 Å². The van der Waals surface area contributed by atoms with E-state index in [0.29, 0.717) is 22.1 Å².